The highest BCUT2D eigenvalue weighted by Crippen LogP contribution is 2.33. The zero-order chi connectivity index (χ0) is 26.2. The number of guanidine groups is 1. The van der Waals surface area contributed by atoms with Crippen LogP contribution >= 0.6 is 0 Å². The predicted octanol–water partition coefficient (Wildman–Crippen LogP) is 4.76. The number of amides is 2. The summed E-state index contributed by atoms with van der Waals surface area (Å²) in [4.78, 5) is 28.9. The Hall–Kier alpha value is -3.35. The van der Waals surface area contributed by atoms with Crippen LogP contribution < -0.4 is 21.1 Å². The highest BCUT2D eigenvalue weighted by molar-refractivity contribution is 5.98. The van der Waals surface area contributed by atoms with Crippen molar-refractivity contribution in [3.63, 3.8) is 0 Å². The Kier molecular flexibility index (Phi) is 9.20. The van der Waals surface area contributed by atoms with Crippen LogP contribution in [0.1, 0.15) is 97.4 Å². The van der Waals surface area contributed by atoms with Gasteiger partial charge in [-0.1, -0.05) is 44.9 Å². The molecule has 0 bridgehead atoms. The summed E-state index contributed by atoms with van der Waals surface area (Å²) in [5.41, 5.74) is 11.3. The predicted molar refractivity (Wildman–Crippen MR) is 147 cm³/mol. The van der Waals surface area contributed by atoms with Gasteiger partial charge in [0.05, 0.1) is 18.7 Å². The average molecular weight is 505 g/mol. The molecule has 7 nitrogen and oxygen atoms in total. The lowest BCUT2D eigenvalue weighted by Gasteiger charge is -2.19. The third kappa shape index (κ3) is 7.12. The summed E-state index contributed by atoms with van der Waals surface area (Å²) in [5.74, 6) is 1.07. The maximum atomic E-state index is 13.0. The number of unbranched alkanes of at least 4 members (excludes halogenated alkanes) is 1. The monoisotopic (exact) mass is 504 g/mol. The van der Waals surface area contributed by atoms with Crippen LogP contribution in [0, 0.1) is 0 Å². The van der Waals surface area contributed by atoms with Gasteiger partial charge in [-0.3, -0.25) is 14.9 Å². The molecular weight excluding hydrogens is 464 g/mol. The van der Waals surface area contributed by atoms with Gasteiger partial charge in [-0.05, 0) is 85.4 Å². The van der Waals surface area contributed by atoms with Crippen LogP contribution in [0.15, 0.2) is 41.4 Å². The molecule has 1 aliphatic carbocycles. The van der Waals surface area contributed by atoms with Crippen LogP contribution in [0.2, 0.25) is 0 Å². The summed E-state index contributed by atoms with van der Waals surface area (Å²) >= 11 is 0. The van der Waals surface area contributed by atoms with Gasteiger partial charge in [0.1, 0.15) is 5.75 Å². The fourth-order valence-electron chi connectivity index (χ4n) is 5.26. The molecule has 2 aromatic rings. The van der Waals surface area contributed by atoms with E-state index in [1.165, 1.54) is 23.1 Å². The normalized spacial score (nSPS) is 19.8. The number of hydrogen-bond donors (Lipinski definition) is 3. The Morgan fingerprint density at radius 1 is 1.14 bits per heavy atom. The van der Waals surface area contributed by atoms with Crippen LogP contribution in [-0.2, 0) is 24.1 Å². The molecule has 2 atom stereocenters. The summed E-state index contributed by atoms with van der Waals surface area (Å²) in [6, 6.07) is 12.5. The lowest BCUT2D eigenvalue weighted by atomic mass is 9.98. The fourth-order valence-corrected chi connectivity index (χ4v) is 5.26. The molecule has 2 amide bonds. The van der Waals surface area contributed by atoms with Crippen LogP contribution in [0.3, 0.4) is 0 Å². The smallest absolute Gasteiger partial charge is 0.251 e. The molecule has 2 aromatic carbocycles. The Morgan fingerprint density at radius 2 is 1.97 bits per heavy atom. The molecule has 2 unspecified atom stereocenters. The SMILES string of the molecule is CCC.NC1=NC(CCCCc2ccc3c(c2)C(NC(=O)c2ccc4c(c2)CCCO4)CC3)CC(=O)N1. The minimum atomic E-state index is -0.0482. The summed E-state index contributed by atoms with van der Waals surface area (Å²) in [6.07, 6.45) is 9.39. The maximum Gasteiger partial charge on any atom is 0.251 e. The number of hydrogen-bond acceptors (Lipinski definition) is 5. The Morgan fingerprint density at radius 3 is 2.78 bits per heavy atom. The molecule has 0 saturated heterocycles. The summed E-state index contributed by atoms with van der Waals surface area (Å²) < 4.78 is 5.67. The highest BCUT2D eigenvalue weighted by Gasteiger charge is 2.25. The molecule has 2 heterocycles. The number of nitrogens with zero attached hydrogens (tertiary/aromatic N) is 1. The molecule has 5 rings (SSSR count). The van der Waals surface area contributed by atoms with Gasteiger partial charge in [-0.15, -0.1) is 0 Å². The van der Waals surface area contributed by atoms with Gasteiger partial charge >= 0.3 is 0 Å². The Bertz CT molecular complexity index is 1140. The first-order chi connectivity index (χ1) is 18.0. The molecule has 37 heavy (non-hydrogen) atoms. The van der Waals surface area contributed by atoms with E-state index >= 15 is 0 Å². The van der Waals surface area contributed by atoms with Crippen molar-refractivity contribution in [3.05, 3.63) is 64.2 Å². The highest BCUT2D eigenvalue weighted by atomic mass is 16.5. The number of fused-ring (bicyclic) bond motifs is 2. The van der Waals surface area contributed by atoms with Crippen LogP contribution in [0.5, 0.6) is 5.75 Å². The van der Waals surface area contributed by atoms with E-state index in [4.69, 9.17) is 10.5 Å². The van der Waals surface area contributed by atoms with Crippen molar-refractivity contribution in [1.82, 2.24) is 10.6 Å². The van der Waals surface area contributed by atoms with Crippen LogP contribution in [-0.4, -0.2) is 30.4 Å². The summed E-state index contributed by atoms with van der Waals surface area (Å²) in [5, 5.41) is 5.80. The summed E-state index contributed by atoms with van der Waals surface area (Å²) in [7, 11) is 0. The van der Waals surface area contributed by atoms with E-state index in [0.717, 1.165) is 69.3 Å². The zero-order valence-corrected chi connectivity index (χ0v) is 22.1. The molecule has 2 aliphatic heterocycles. The third-order valence-corrected chi connectivity index (χ3v) is 7.03. The number of benzene rings is 2. The van der Waals surface area contributed by atoms with Crippen molar-refractivity contribution in [3.8, 4) is 5.75 Å². The molecule has 3 aliphatic rings. The van der Waals surface area contributed by atoms with Gasteiger partial charge in [0.2, 0.25) is 5.91 Å². The second kappa shape index (κ2) is 12.7. The van der Waals surface area contributed by atoms with Crippen molar-refractivity contribution in [2.75, 3.05) is 6.61 Å². The number of carbonyl (C=O) groups excluding carboxylic acids is 2. The number of carbonyl (C=O) groups is 2. The maximum absolute atomic E-state index is 13.0. The number of ether oxygens (including phenoxy) is 1. The largest absolute Gasteiger partial charge is 0.493 e. The van der Waals surface area contributed by atoms with E-state index in [0.29, 0.717) is 12.0 Å². The van der Waals surface area contributed by atoms with Gasteiger partial charge in [0, 0.05) is 12.0 Å². The van der Waals surface area contributed by atoms with Crippen LogP contribution in [0.25, 0.3) is 0 Å². The zero-order valence-electron chi connectivity index (χ0n) is 22.1. The molecular formula is C30H40N4O3. The molecule has 198 valence electrons. The molecule has 0 fully saturated rings. The lowest BCUT2D eigenvalue weighted by molar-refractivity contribution is -0.120. The van der Waals surface area contributed by atoms with Gasteiger partial charge in [-0.2, -0.15) is 0 Å². The van der Waals surface area contributed by atoms with Gasteiger partial charge < -0.3 is 15.8 Å². The number of nitrogens with one attached hydrogen (secondary N) is 2. The van der Waals surface area contributed by atoms with Crippen molar-refractivity contribution in [2.24, 2.45) is 10.7 Å². The van der Waals surface area contributed by atoms with Crippen molar-refractivity contribution < 1.29 is 14.3 Å². The quantitative estimate of drug-likeness (QED) is 0.473. The van der Waals surface area contributed by atoms with E-state index in [1.54, 1.807) is 0 Å². The van der Waals surface area contributed by atoms with Gasteiger partial charge in [0.25, 0.3) is 5.91 Å². The Labute approximate surface area is 220 Å². The van der Waals surface area contributed by atoms with Crippen molar-refractivity contribution in [2.45, 2.75) is 90.1 Å². The molecule has 7 heteroatoms. The number of aliphatic imine (C=N–C) groups is 1. The summed E-state index contributed by atoms with van der Waals surface area (Å²) in [6.45, 7) is 5.00. The Balaban J connectivity index is 0.00000102. The van der Waals surface area contributed by atoms with E-state index in [1.807, 2.05) is 18.2 Å². The van der Waals surface area contributed by atoms with E-state index < -0.39 is 0 Å². The van der Waals surface area contributed by atoms with Crippen molar-refractivity contribution >= 4 is 17.8 Å². The van der Waals surface area contributed by atoms with Crippen LogP contribution in [0.4, 0.5) is 0 Å². The van der Waals surface area contributed by atoms with E-state index in [2.05, 4.69) is 47.7 Å². The molecule has 0 aromatic heterocycles. The minimum absolute atomic E-state index is 0.0106. The third-order valence-electron chi connectivity index (χ3n) is 7.03. The van der Waals surface area contributed by atoms with Crippen molar-refractivity contribution in [1.29, 1.82) is 0 Å². The number of nitrogens with two attached hydrogens (primary N) is 1. The second-order valence-corrected chi connectivity index (χ2v) is 10.2. The van der Waals surface area contributed by atoms with E-state index in [9.17, 15) is 9.59 Å². The minimum Gasteiger partial charge on any atom is -0.493 e. The standard InChI is InChI=1S/C27H32N4O3.C3H8/c28-27-29-21(16-25(32)31-27)6-2-1-4-17-7-8-18-9-11-23(22(18)14-17)30-26(33)20-10-12-24-19(15-20)5-3-13-34-24;1-3-2/h7-8,10,12,14-15,21,23H,1-6,9,11,13,16H2,(H,30,33)(H3,28,29,31,32);3H2,1-2H3. The fraction of sp³-hybridized carbons (Fsp3) is 0.500. The number of aryl methyl sites for hydroxylation is 3. The lowest BCUT2D eigenvalue weighted by Crippen LogP contribution is -2.43. The van der Waals surface area contributed by atoms with Gasteiger partial charge in [-0.25, -0.2) is 4.99 Å². The first-order valence-corrected chi connectivity index (χ1v) is 13.8. The van der Waals surface area contributed by atoms with Gasteiger partial charge in [0.15, 0.2) is 5.96 Å². The average Bonchev–Trinajstić information content (AvgIpc) is 3.28. The molecule has 0 spiro atoms. The first-order valence-electron chi connectivity index (χ1n) is 13.8. The first kappa shape index (κ1) is 26.7. The topological polar surface area (TPSA) is 106 Å². The van der Waals surface area contributed by atoms with E-state index in [-0.39, 0.29) is 29.9 Å². The molecule has 4 N–H and O–H groups in total. The molecule has 0 radical (unpaired) electrons. The second-order valence-electron chi connectivity index (χ2n) is 10.2. The molecule has 0 saturated carbocycles. The number of rotatable bonds is 7.